The number of hydrogen-bond donors (Lipinski definition) is 2. The van der Waals surface area contributed by atoms with Crippen LogP contribution in [0.25, 0.3) is 10.9 Å². The number of halogens is 1. The Morgan fingerprint density at radius 1 is 1.36 bits per heavy atom. The van der Waals surface area contributed by atoms with Gasteiger partial charge in [-0.05, 0) is 55.6 Å². The van der Waals surface area contributed by atoms with Crippen molar-refractivity contribution in [3.63, 3.8) is 0 Å². The van der Waals surface area contributed by atoms with Crippen LogP contribution in [0.3, 0.4) is 0 Å². The number of fused-ring (bicyclic) bond motifs is 1. The second-order valence-corrected chi connectivity index (χ2v) is 8.79. The van der Waals surface area contributed by atoms with Gasteiger partial charge in [0.2, 0.25) is 5.91 Å². The number of aromatic hydroxyl groups is 1. The van der Waals surface area contributed by atoms with Crippen LogP contribution in [-0.4, -0.2) is 46.8 Å². The van der Waals surface area contributed by atoms with E-state index in [4.69, 9.17) is 0 Å². The summed E-state index contributed by atoms with van der Waals surface area (Å²) < 4.78 is 2.25. The predicted octanol–water partition coefficient (Wildman–Crippen LogP) is 4.29. The molecule has 1 aromatic heterocycles. The number of amides is 1. The van der Waals surface area contributed by atoms with Crippen LogP contribution in [0.1, 0.15) is 31.7 Å². The minimum absolute atomic E-state index is 0.0501. The molecule has 2 aromatic rings. The van der Waals surface area contributed by atoms with Gasteiger partial charge in [0.1, 0.15) is 11.4 Å². The van der Waals surface area contributed by atoms with Gasteiger partial charge in [-0.3, -0.25) is 4.79 Å². The molecule has 1 saturated heterocycles. The number of anilines is 1. The number of carbonyl (C=O) groups is 1. The molecule has 2 heterocycles. The van der Waals surface area contributed by atoms with Crippen molar-refractivity contribution in [1.29, 1.82) is 0 Å². The Bertz CT molecular complexity index is 844. The number of nitrogens with one attached hydrogen (secondary N) is 1. The van der Waals surface area contributed by atoms with E-state index in [1.54, 1.807) is 11.8 Å². The summed E-state index contributed by atoms with van der Waals surface area (Å²) in [5, 5.41) is 16.5. The van der Waals surface area contributed by atoms with E-state index in [0.717, 1.165) is 56.5 Å². The largest absolute Gasteiger partial charge is 0.506 e. The predicted molar refractivity (Wildman–Crippen MR) is 122 cm³/mol. The standard InChI is InChI=1S/C21H30BrN3O2S/c1-4-15-16-5-6-17(26)20(19(16)24(2)21(15)28-3)25-11-8-14(9-12-25)7-10-23-18(27)13-22/h5-6,14,26H,4,7-13H2,1-3H3,(H,23,27). The smallest absolute Gasteiger partial charge is 0.230 e. The zero-order valence-corrected chi connectivity index (χ0v) is 19.3. The molecule has 1 fully saturated rings. The lowest BCUT2D eigenvalue weighted by molar-refractivity contribution is -0.118. The summed E-state index contributed by atoms with van der Waals surface area (Å²) in [6.45, 7) is 4.81. The molecular formula is C21H30BrN3O2S. The van der Waals surface area contributed by atoms with Gasteiger partial charge in [-0.2, -0.15) is 0 Å². The van der Waals surface area contributed by atoms with Crippen LogP contribution in [0.15, 0.2) is 17.2 Å². The molecule has 3 rings (SSSR count). The molecule has 1 aliphatic rings. The number of hydrogen-bond acceptors (Lipinski definition) is 4. The second kappa shape index (κ2) is 9.44. The summed E-state index contributed by atoms with van der Waals surface area (Å²) >= 11 is 4.95. The fraction of sp³-hybridized carbons (Fsp3) is 0.571. The van der Waals surface area contributed by atoms with Gasteiger partial charge in [0.05, 0.1) is 15.9 Å². The monoisotopic (exact) mass is 467 g/mol. The molecule has 28 heavy (non-hydrogen) atoms. The first-order chi connectivity index (χ1) is 13.5. The van der Waals surface area contributed by atoms with Gasteiger partial charge in [0, 0.05) is 32.1 Å². The SMILES string of the molecule is CCc1c(SC)n(C)c2c(N3CCC(CCNC(=O)CBr)CC3)c(O)ccc12. The molecule has 7 heteroatoms. The third-order valence-electron chi connectivity index (χ3n) is 5.83. The van der Waals surface area contributed by atoms with E-state index in [2.05, 4.69) is 57.0 Å². The number of thioether (sulfide) groups is 1. The Labute approximate surface area is 180 Å². The molecule has 0 saturated carbocycles. The quantitative estimate of drug-likeness (QED) is 0.471. The van der Waals surface area contributed by atoms with Crippen LogP contribution in [0.4, 0.5) is 5.69 Å². The van der Waals surface area contributed by atoms with Crippen LogP contribution in [0.5, 0.6) is 5.75 Å². The van der Waals surface area contributed by atoms with Crippen molar-refractivity contribution in [2.24, 2.45) is 13.0 Å². The molecular weight excluding hydrogens is 438 g/mol. The molecule has 0 aliphatic carbocycles. The minimum Gasteiger partial charge on any atom is -0.506 e. The van der Waals surface area contributed by atoms with Gasteiger partial charge in [-0.15, -0.1) is 11.8 Å². The third kappa shape index (κ3) is 4.15. The van der Waals surface area contributed by atoms with E-state index < -0.39 is 0 Å². The molecule has 0 atom stereocenters. The Morgan fingerprint density at radius 2 is 2.07 bits per heavy atom. The first-order valence-corrected chi connectivity index (χ1v) is 12.3. The lowest BCUT2D eigenvalue weighted by Gasteiger charge is -2.34. The average molecular weight is 468 g/mol. The van der Waals surface area contributed by atoms with Gasteiger partial charge in [0.25, 0.3) is 0 Å². The van der Waals surface area contributed by atoms with E-state index in [9.17, 15) is 9.90 Å². The number of alkyl halides is 1. The summed E-state index contributed by atoms with van der Waals surface area (Å²) in [5.74, 6) is 1.04. The van der Waals surface area contributed by atoms with Crippen LogP contribution in [0, 0.1) is 5.92 Å². The zero-order valence-electron chi connectivity index (χ0n) is 16.9. The highest BCUT2D eigenvalue weighted by atomic mass is 79.9. The lowest BCUT2D eigenvalue weighted by atomic mass is 9.93. The molecule has 154 valence electrons. The van der Waals surface area contributed by atoms with Crippen molar-refractivity contribution >= 4 is 50.2 Å². The summed E-state index contributed by atoms with van der Waals surface area (Å²) in [6.07, 6.45) is 6.29. The fourth-order valence-electron chi connectivity index (χ4n) is 4.39. The Hall–Kier alpha value is -1.34. The maximum atomic E-state index is 11.4. The summed E-state index contributed by atoms with van der Waals surface area (Å²) in [6, 6.07) is 3.91. The topological polar surface area (TPSA) is 57.5 Å². The highest BCUT2D eigenvalue weighted by molar-refractivity contribution is 9.09. The van der Waals surface area contributed by atoms with Crippen molar-refractivity contribution in [2.75, 3.05) is 36.1 Å². The van der Waals surface area contributed by atoms with Crippen molar-refractivity contribution < 1.29 is 9.90 Å². The number of carbonyl (C=O) groups excluding carboxylic acids is 1. The second-order valence-electron chi connectivity index (χ2n) is 7.43. The van der Waals surface area contributed by atoms with Gasteiger partial charge in [0.15, 0.2) is 0 Å². The number of benzene rings is 1. The average Bonchev–Trinajstić information content (AvgIpc) is 2.99. The Kier molecular flexibility index (Phi) is 7.20. The van der Waals surface area contributed by atoms with Gasteiger partial charge < -0.3 is 19.9 Å². The molecule has 5 nitrogen and oxygen atoms in total. The van der Waals surface area contributed by atoms with Gasteiger partial charge in [-0.1, -0.05) is 22.9 Å². The Morgan fingerprint density at radius 3 is 2.68 bits per heavy atom. The van der Waals surface area contributed by atoms with Crippen molar-refractivity contribution in [3.8, 4) is 5.75 Å². The highest BCUT2D eigenvalue weighted by Crippen LogP contribution is 2.42. The zero-order chi connectivity index (χ0) is 20.3. The van der Waals surface area contributed by atoms with Gasteiger partial charge >= 0.3 is 0 Å². The van der Waals surface area contributed by atoms with E-state index >= 15 is 0 Å². The normalized spacial score (nSPS) is 15.4. The van der Waals surface area contributed by atoms with E-state index in [0.29, 0.717) is 17.0 Å². The van der Waals surface area contributed by atoms with Crippen LogP contribution in [-0.2, 0) is 18.3 Å². The van der Waals surface area contributed by atoms with Crippen LogP contribution < -0.4 is 10.2 Å². The fourth-order valence-corrected chi connectivity index (χ4v) is 5.46. The van der Waals surface area contributed by atoms with E-state index in [-0.39, 0.29) is 5.91 Å². The summed E-state index contributed by atoms with van der Waals surface area (Å²) in [4.78, 5) is 13.7. The van der Waals surface area contributed by atoms with E-state index in [1.165, 1.54) is 16.0 Å². The first-order valence-electron chi connectivity index (χ1n) is 9.96. The number of phenols is 1. The number of piperidine rings is 1. The first kappa shape index (κ1) is 21.4. The molecule has 1 aromatic carbocycles. The summed E-state index contributed by atoms with van der Waals surface area (Å²) in [7, 11) is 2.11. The number of aromatic nitrogens is 1. The van der Waals surface area contributed by atoms with E-state index in [1.807, 2.05) is 6.07 Å². The molecule has 2 N–H and O–H groups in total. The Balaban J connectivity index is 1.79. The minimum atomic E-state index is 0.0501. The molecule has 0 bridgehead atoms. The third-order valence-corrected chi connectivity index (χ3v) is 7.24. The number of rotatable bonds is 7. The summed E-state index contributed by atoms with van der Waals surface area (Å²) in [5.41, 5.74) is 3.48. The number of aryl methyl sites for hydroxylation is 2. The lowest BCUT2D eigenvalue weighted by Crippen LogP contribution is -2.35. The van der Waals surface area contributed by atoms with Crippen LogP contribution >= 0.6 is 27.7 Å². The number of nitrogens with zero attached hydrogens (tertiary/aromatic N) is 2. The maximum Gasteiger partial charge on any atom is 0.230 e. The van der Waals surface area contributed by atoms with Crippen LogP contribution in [0.2, 0.25) is 0 Å². The van der Waals surface area contributed by atoms with Gasteiger partial charge in [-0.25, -0.2) is 0 Å². The van der Waals surface area contributed by atoms with Crippen molar-refractivity contribution in [3.05, 3.63) is 17.7 Å². The molecule has 1 aliphatic heterocycles. The molecule has 0 radical (unpaired) electrons. The molecule has 0 unspecified atom stereocenters. The molecule has 0 spiro atoms. The highest BCUT2D eigenvalue weighted by Gasteiger charge is 2.26. The van der Waals surface area contributed by atoms with Crippen molar-refractivity contribution in [1.82, 2.24) is 9.88 Å². The number of phenolic OH excluding ortho intramolecular Hbond substituents is 1. The van der Waals surface area contributed by atoms with Crippen molar-refractivity contribution in [2.45, 2.75) is 37.6 Å². The molecule has 1 amide bonds. The maximum absolute atomic E-state index is 11.4.